The molecule has 0 atom stereocenters. The molecule has 0 radical (unpaired) electrons. The molecule has 2 aromatic rings. The number of aromatic nitrogens is 2. The highest BCUT2D eigenvalue weighted by Crippen LogP contribution is 2.41. The molecule has 4 heterocycles. The molecular formula is C27H34F3N7O3. The topological polar surface area (TPSA) is 108 Å². The van der Waals surface area contributed by atoms with Gasteiger partial charge in [-0.25, -0.2) is 4.79 Å². The molecule has 0 bridgehead atoms. The molecular weight excluding hydrogens is 527 g/mol. The van der Waals surface area contributed by atoms with Crippen LogP contribution in [0.3, 0.4) is 0 Å². The molecule has 3 N–H and O–H groups in total. The van der Waals surface area contributed by atoms with E-state index in [0.29, 0.717) is 61.5 Å². The summed E-state index contributed by atoms with van der Waals surface area (Å²) in [7, 11) is 3.26. The summed E-state index contributed by atoms with van der Waals surface area (Å²) >= 11 is 0. The summed E-state index contributed by atoms with van der Waals surface area (Å²) in [5.41, 5.74) is 3.67. The molecule has 3 aliphatic rings. The van der Waals surface area contributed by atoms with E-state index in [9.17, 15) is 23.4 Å². The van der Waals surface area contributed by atoms with Crippen LogP contribution in [0, 0.1) is 5.41 Å². The van der Waals surface area contributed by atoms with Crippen molar-refractivity contribution in [2.24, 2.45) is 7.05 Å². The van der Waals surface area contributed by atoms with E-state index in [2.05, 4.69) is 20.5 Å². The second-order valence-electron chi connectivity index (χ2n) is 10.2. The molecule has 0 aliphatic carbocycles. The molecule has 40 heavy (non-hydrogen) atoms. The third kappa shape index (κ3) is 6.03. The van der Waals surface area contributed by atoms with Crippen LogP contribution in [0.15, 0.2) is 35.8 Å². The SMILES string of the molecule is CNC(=O)N1CCC(NC2CCOCC2)=C(C(=N)N2CCCc3cc(-c4cnn(C)c4)c(OC(F)(F)F)cc32)C1. The number of nitrogens with one attached hydrogen (secondary N) is 3. The first kappa shape index (κ1) is 27.8. The highest BCUT2D eigenvalue weighted by atomic mass is 19.4. The number of halogens is 3. The number of carbonyl (C=O) groups is 1. The van der Waals surface area contributed by atoms with Crippen molar-refractivity contribution in [3.63, 3.8) is 0 Å². The quantitative estimate of drug-likeness (QED) is 0.379. The number of amides is 2. The van der Waals surface area contributed by atoms with Crippen LogP contribution in [0.1, 0.15) is 31.2 Å². The van der Waals surface area contributed by atoms with Crippen LogP contribution in [-0.4, -0.2) is 78.8 Å². The maximum absolute atomic E-state index is 13.5. The van der Waals surface area contributed by atoms with Gasteiger partial charge in [0.2, 0.25) is 0 Å². The summed E-state index contributed by atoms with van der Waals surface area (Å²) in [4.78, 5) is 15.9. The molecule has 1 aromatic heterocycles. The van der Waals surface area contributed by atoms with Crippen molar-refractivity contribution in [2.45, 2.75) is 44.5 Å². The Balaban J connectivity index is 1.53. The first-order valence-corrected chi connectivity index (χ1v) is 13.4. The summed E-state index contributed by atoms with van der Waals surface area (Å²) in [6.45, 7) is 2.48. The Hall–Kier alpha value is -3.74. The van der Waals surface area contributed by atoms with Crippen molar-refractivity contribution in [3.8, 4) is 16.9 Å². The third-order valence-electron chi connectivity index (χ3n) is 7.54. The number of nitrogens with zero attached hydrogens (tertiary/aromatic N) is 4. The molecule has 5 rings (SSSR count). The van der Waals surface area contributed by atoms with Gasteiger partial charge in [0.05, 0.1) is 12.7 Å². The van der Waals surface area contributed by atoms with E-state index in [-0.39, 0.29) is 30.2 Å². The average Bonchev–Trinajstić information content (AvgIpc) is 3.37. The smallest absolute Gasteiger partial charge is 0.405 e. The van der Waals surface area contributed by atoms with Crippen molar-refractivity contribution >= 4 is 17.6 Å². The van der Waals surface area contributed by atoms with Gasteiger partial charge in [0.15, 0.2) is 0 Å². The number of fused-ring (bicyclic) bond motifs is 1. The van der Waals surface area contributed by atoms with Crippen molar-refractivity contribution in [1.29, 1.82) is 5.41 Å². The van der Waals surface area contributed by atoms with Gasteiger partial charge in [-0.1, -0.05) is 0 Å². The Morgan fingerprint density at radius 1 is 1.20 bits per heavy atom. The predicted octanol–water partition coefficient (Wildman–Crippen LogP) is 3.78. The van der Waals surface area contributed by atoms with Crippen LogP contribution in [0.25, 0.3) is 11.1 Å². The minimum Gasteiger partial charge on any atom is -0.405 e. The minimum atomic E-state index is -4.89. The van der Waals surface area contributed by atoms with Crippen molar-refractivity contribution in [1.82, 2.24) is 25.3 Å². The minimum absolute atomic E-state index is 0.163. The Morgan fingerprint density at radius 2 is 1.98 bits per heavy atom. The molecule has 1 saturated heterocycles. The Morgan fingerprint density at radius 3 is 2.65 bits per heavy atom. The predicted molar refractivity (Wildman–Crippen MR) is 143 cm³/mol. The summed E-state index contributed by atoms with van der Waals surface area (Å²) in [6.07, 6.45) is 1.84. The number of aryl methyl sites for hydroxylation is 2. The summed E-state index contributed by atoms with van der Waals surface area (Å²) in [5, 5.41) is 19.6. The van der Waals surface area contributed by atoms with Crippen LogP contribution in [-0.2, 0) is 18.2 Å². The lowest BCUT2D eigenvalue weighted by Gasteiger charge is -2.38. The third-order valence-corrected chi connectivity index (χ3v) is 7.54. The highest BCUT2D eigenvalue weighted by Gasteiger charge is 2.35. The van der Waals surface area contributed by atoms with Gasteiger partial charge < -0.3 is 29.9 Å². The molecule has 0 unspecified atom stereocenters. The maximum Gasteiger partial charge on any atom is 0.573 e. The van der Waals surface area contributed by atoms with Crippen LogP contribution in [0.4, 0.5) is 23.7 Å². The van der Waals surface area contributed by atoms with Crippen molar-refractivity contribution in [2.75, 3.05) is 44.8 Å². The molecule has 1 aromatic carbocycles. The van der Waals surface area contributed by atoms with E-state index in [1.54, 1.807) is 36.2 Å². The van der Waals surface area contributed by atoms with E-state index in [1.807, 2.05) is 0 Å². The second kappa shape index (κ2) is 11.4. The Bertz CT molecular complexity index is 1300. The summed E-state index contributed by atoms with van der Waals surface area (Å²) < 4.78 is 51.9. The van der Waals surface area contributed by atoms with Crippen LogP contribution < -0.4 is 20.3 Å². The van der Waals surface area contributed by atoms with Crippen LogP contribution in [0.2, 0.25) is 0 Å². The summed E-state index contributed by atoms with van der Waals surface area (Å²) in [6, 6.07) is 3.04. The van der Waals surface area contributed by atoms with Gasteiger partial charge in [-0.15, -0.1) is 13.2 Å². The molecule has 13 heteroatoms. The molecule has 1 fully saturated rings. The fraction of sp³-hybridized carbons (Fsp3) is 0.519. The zero-order valence-corrected chi connectivity index (χ0v) is 22.6. The van der Waals surface area contributed by atoms with Gasteiger partial charge >= 0.3 is 12.4 Å². The zero-order chi connectivity index (χ0) is 28.4. The first-order valence-electron chi connectivity index (χ1n) is 13.4. The van der Waals surface area contributed by atoms with Crippen molar-refractivity contribution < 1.29 is 27.4 Å². The van der Waals surface area contributed by atoms with E-state index >= 15 is 0 Å². The van der Waals surface area contributed by atoms with E-state index in [1.165, 1.54) is 16.9 Å². The number of anilines is 1. The fourth-order valence-corrected chi connectivity index (χ4v) is 5.56. The van der Waals surface area contributed by atoms with Gasteiger partial charge in [-0.3, -0.25) is 10.1 Å². The number of ether oxygens (including phenoxy) is 2. The van der Waals surface area contributed by atoms with Gasteiger partial charge in [0.1, 0.15) is 11.6 Å². The lowest BCUT2D eigenvalue weighted by molar-refractivity contribution is -0.274. The highest BCUT2D eigenvalue weighted by molar-refractivity contribution is 6.09. The standard InChI is InChI=1S/C27H34F3N7O3/c1-32-26(38)36-9-5-22(34-19-6-10-39-11-7-19)21(16-36)25(31)37-8-3-4-17-12-20(18-14-33-35(2)15-18)24(13-23(17)37)40-27(28,29)30/h12-15,19,31,34H,3-11,16H2,1-2H3,(H,32,38). The number of amidine groups is 1. The molecule has 216 valence electrons. The maximum atomic E-state index is 13.5. The number of hydrogen-bond donors (Lipinski definition) is 3. The van der Waals surface area contributed by atoms with Gasteiger partial charge in [-0.05, 0) is 37.3 Å². The van der Waals surface area contributed by atoms with Crippen LogP contribution >= 0.6 is 0 Å². The van der Waals surface area contributed by atoms with Gasteiger partial charge in [0, 0.05) is 93.2 Å². The number of benzene rings is 1. The average molecular weight is 562 g/mol. The number of rotatable bonds is 5. The number of carbonyl (C=O) groups excluding carboxylic acids is 1. The zero-order valence-electron chi connectivity index (χ0n) is 22.6. The number of alkyl halides is 3. The number of urea groups is 1. The Labute approximate surface area is 230 Å². The molecule has 0 spiro atoms. The van der Waals surface area contributed by atoms with E-state index in [4.69, 9.17) is 4.74 Å². The van der Waals surface area contributed by atoms with E-state index < -0.39 is 6.36 Å². The van der Waals surface area contributed by atoms with E-state index in [0.717, 1.165) is 30.5 Å². The lowest BCUT2D eigenvalue weighted by Crippen LogP contribution is -2.48. The van der Waals surface area contributed by atoms with Crippen LogP contribution in [0.5, 0.6) is 5.75 Å². The summed E-state index contributed by atoms with van der Waals surface area (Å²) in [5.74, 6) is -0.180. The molecule has 2 amide bonds. The molecule has 10 nitrogen and oxygen atoms in total. The van der Waals surface area contributed by atoms with Crippen molar-refractivity contribution in [3.05, 3.63) is 41.4 Å². The lowest BCUT2D eigenvalue weighted by atomic mass is 9.94. The normalized spacial score (nSPS) is 18.4. The molecule has 3 aliphatic heterocycles. The number of hydrogen-bond acceptors (Lipinski definition) is 6. The Kier molecular flexibility index (Phi) is 7.92. The monoisotopic (exact) mass is 561 g/mol. The largest absolute Gasteiger partial charge is 0.573 e. The van der Waals surface area contributed by atoms with Gasteiger partial charge in [-0.2, -0.15) is 5.10 Å². The fourth-order valence-electron chi connectivity index (χ4n) is 5.56. The van der Waals surface area contributed by atoms with Gasteiger partial charge in [0.25, 0.3) is 0 Å². The first-order chi connectivity index (χ1) is 19.1. The second-order valence-corrected chi connectivity index (χ2v) is 10.2. The molecule has 0 saturated carbocycles.